The van der Waals surface area contributed by atoms with Crippen LogP contribution in [0.1, 0.15) is 20.3 Å². The monoisotopic (exact) mass is 246 g/mol. The van der Waals surface area contributed by atoms with Crippen LogP contribution in [0.3, 0.4) is 0 Å². The van der Waals surface area contributed by atoms with Gasteiger partial charge in [0.15, 0.2) is 0 Å². The van der Waals surface area contributed by atoms with E-state index in [1.807, 2.05) is 0 Å². The molecule has 5 heteroatoms. The minimum atomic E-state index is -1.36. The van der Waals surface area contributed by atoms with E-state index in [4.69, 9.17) is 21.4 Å². The van der Waals surface area contributed by atoms with Gasteiger partial charge in [-0.15, -0.1) is 0 Å². The molecule has 0 spiro atoms. The minimum absolute atomic E-state index is 0.0564. The average molecular weight is 247 g/mol. The predicted molar refractivity (Wildman–Crippen MR) is 58.4 cm³/mol. The van der Waals surface area contributed by atoms with E-state index in [2.05, 4.69) is 0 Å². The molecule has 1 aromatic carbocycles. The zero-order valence-electron chi connectivity index (χ0n) is 8.96. The van der Waals surface area contributed by atoms with Gasteiger partial charge in [0, 0.05) is 0 Å². The van der Waals surface area contributed by atoms with Gasteiger partial charge < -0.3 is 9.84 Å². The number of halogens is 2. The molecule has 0 amide bonds. The first-order valence-corrected chi connectivity index (χ1v) is 5.14. The molecule has 0 fully saturated rings. The first kappa shape index (κ1) is 12.8. The van der Waals surface area contributed by atoms with Crippen LogP contribution in [0.15, 0.2) is 18.2 Å². The Balaban J connectivity index is 2.99. The van der Waals surface area contributed by atoms with Gasteiger partial charge in [0.1, 0.15) is 11.6 Å². The maximum atomic E-state index is 12.8. The molecular weight excluding hydrogens is 235 g/mol. The quantitative estimate of drug-likeness (QED) is 0.888. The van der Waals surface area contributed by atoms with Crippen molar-refractivity contribution in [3.05, 3.63) is 29.0 Å². The number of benzene rings is 1. The Kier molecular flexibility index (Phi) is 3.75. The molecule has 88 valence electrons. The number of aliphatic carboxylic acids is 1. The van der Waals surface area contributed by atoms with E-state index in [0.29, 0.717) is 0 Å². The third kappa shape index (κ3) is 2.64. The number of carboxylic acid groups (broad SMARTS) is 1. The fourth-order valence-corrected chi connectivity index (χ4v) is 1.27. The van der Waals surface area contributed by atoms with Crippen molar-refractivity contribution in [1.29, 1.82) is 0 Å². The second kappa shape index (κ2) is 4.70. The summed E-state index contributed by atoms with van der Waals surface area (Å²) < 4.78 is 18.1. The summed E-state index contributed by atoms with van der Waals surface area (Å²) in [5.41, 5.74) is -1.36. The van der Waals surface area contributed by atoms with Gasteiger partial charge in [-0.05, 0) is 31.5 Å². The van der Waals surface area contributed by atoms with Crippen molar-refractivity contribution in [3.8, 4) is 5.75 Å². The molecule has 1 aromatic rings. The standard InChI is InChI=1S/C11H12ClFO3/c1-3-11(2,10(14)15)16-9-5-4-7(13)6-8(9)12/h4-6H,3H2,1-2H3,(H,14,15). The molecular formula is C11H12ClFO3. The molecule has 1 rings (SSSR count). The zero-order valence-corrected chi connectivity index (χ0v) is 9.71. The number of carboxylic acids is 1. The number of ether oxygens (including phenoxy) is 1. The fourth-order valence-electron chi connectivity index (χ4n) is 1.07. The maximum Gasteiger partial charge on any atom is 0.347 e. The normalized spacial score (nSPS) is 14.2. The van der Waals surface area contributed by atoms with Crippen molar-refractivity contribution in [1.82, 2.24) is 0 Å². The van der Waals surface area contributed by atoms with E-state index >= 15 is 0 Å². The Labute approximate surface area is 97.8 Å². The van der Waals surface area contributed by atoms with Crippen LogP contribution < -0.4 is 4.74 Å². The highest BCUT2D eigenvalue weighted by atomic mass is 35.5. The minimum Gasteiger partial charge on any atom is -0.478 e. The van der Waals surface area contributed by atoms with E-state index < -0.39 is 17.4 Å². The highest BCUT2D eigenvalue weighted by molar-refractivity contribution is 6.32. The second-order valence-corrected chi connectivity index (χ2v) is 3.97. The van der Waals surface area contributed by atoms with Crippen LogP contribution >= 0.6 is 11.6 Å². The van der Waals surface area contributed by atoms with Gasteiger partial charge in [0.05, 0.1) is 5.02 Å². The molecule has 0 radical (unpaired) electrons. The largest absolute Gasteiger partial charge is 0.478 e. The summed E-state index contributed by atoms with van der Waals surface area (Å²) in [6.07, 6.45) is 0.274. The topological polar surface area (TPSA) is 46.5 Å². The highest BCUT2D eigenvalue weighted by Gasteiger charge is 2.34. The summed E-state index contributed by atoms with van der Waals surface area (Å²) in [6.45, 7) is 3.13. The van der Waals surface area contributed by atoms with Crippen LogP contribution in [0.5, 0.6) is 5.75 Å². The molecule has 0 aliphatic carbocycles. The summed E-state index contributed by atoms with van der Waals surface area (Å²) in [7, 11) is 0. The van der Waals surface area contributed by atoms with Crippen LogP contribution in [0.25, 0.3) is 0 Å². The average Bonchev–Trinajstić information content (AvgIpc) is 2.22. The second-order valence-electron chi connectivity index (χ2n) is 3.57. The zero-order chi connectivity index (χ0) is 12.3. The molecule has 1 N–H and O–H groups in total. The Bertz CT molecular complexity index is 408. The summed E-state index contributed by atoms with van der Waals surface area (Å²) in [5, 5.41) is 9.05. The van der Waals surface area contributed by atoms with E-state index in [-0.39, 0.29) is 17.2 Å². The van der Waals surface area contributed by atoms with Gasteiger partial charge in [-0.1, -0.05) is 18.5 Å². The van der Waals surface area contributed by atoms with Crippen LogP contribution in [-0.2, 0) is 4.79 Å². The van der Waals surface area contributed by atoms with Gasteiger partial charge in [-0.2, -0.15) is 0 Å². The van der Waals surface area contributed by atoms with Crippen LogP contribution in [0.4, 0.5) is 4.39 Å². The first-order chi connectivity index (χ1) is 7.39. The van der Waals surface area contributed by atoms with Gasteiger partial charge in [0.2, 0.25) is 5.60 Å². The van der Waals surface area contributed by atoms with Gasteiger partial charge in [-0.3, -0.25) is 0 Å². The van der Waals surface area contributed by atoms with E-state index in [1.165, 1.54) is 19.1 Å². The SMILES string of the molecule is CCC(C)(Oc1ccc(F)cc1Cl)C(=O)O. The van der Waals surface area contributed by atoms with Gasteiger partial charge in [-0.25, -0.2) is 9.18 Å². The number of hydrogen-bond acceptors (Lipinski definition) is 2. The Morgan fingerprint density at radius 3 is 2.69 bits per heavy atom. The number of carbonyl (C=O) groups is 1. The smallest absolute Gasteiger partial charge is 0.347 e. The first-order valence-electron chi connectivity index (χ1n) is 4.76. The third-order valence-corrected chi connectivity index (χ3v) is 2.65. The molecule has 3 nitrogen and oxygen atoms in total. The van der Waals surface area contributed by atoms with E-state index in [0.717, 1.165) is 6.07 Å². The summed E-state index contributed by atoms with van der Waals surface area (Å²) in [4.78, 5) is 11.0. The molecule has 1 unspecified atom stereocenters. The van der Waals surface area contributed by atoms with Crippen molar-refractivity contribution < 1.29 is 19.0 Å². The Morgan fingerprint density at radius 1 is 1.62 bits per heavy atom. The molecule has 0 saturated carbocycles. The molecule has 0 saturated heterocycles. The van der Waals surface area contributed by atoms with Crippen molar-refractivity contribution in [2.75, 3.05) is 0 Å². The lowest BCUT2D eigenvalue weighted by atomic mass is 10.0. The Morgan fingerprint density at radius 2 is 2.25 bits per heavy atom. The van der Waals surface area contributed by atoms with Gasteiger partial charge >= 0.3 is 5.97 Å². The molecule has 16 heavy (non-hydrogen) atoms. The van der Waals surface area contributed by atoms with Gasteiger partial charge in [0.25, 0.3) is 0 Å². The van der Waals surface area contributed by atoms with Crippen molar-refractivity contribution >= 4 is 17.6 Å². The number of hydrogen-bond donors (Lipinski definition) is 1. The third-order valence-electron chi connectivity index (χ3n) is 2.36. The van der Waals surface area contributed by atoms with Crippen molar-refractivity contribution in [3.63, 3.8) is 0 Å². The van der Waals surface area contributed by atoms with Crippen molar-refractivity contribution in [2.24, 2.45) is 0 Å². The lowest BCUT2D eigenvalue weighted by Crippen LogP contribution is -2.40. The molecule has 0 aliphatic heterocycles. The summed E-state index contributed by atoms with van der Waals surface area (Å²) in [5.74, 6) is -1.42. The molecule has 1 atom stereocenters. The molecule has 0 aromatic heterocycles. The summed E-state index contributed by atoms with van der Waals surface area (Å²) in [6, 6.07) is 3.56. The molecule has 0 bridgehead atoms. The highest BCUT2D eigenvalue weighted by Crippen LogP contribution is 2.29. The van der Waals surface area contributed by atoms with Crippen LogP contribution in [0.2, 0.25) is 5.02 Å². The molecule has 0 aliphatic rings. The predicted octanol–water partition coefficient (Wildman–Crippen LogP) is 3.11. The van der Waals surface area contributed by atoms with Crippen LogP contribution in [-0.4, -0.2) is 16.7 Å². The number of rotatable bonds is 4. The fraction of sp³-hybridized carbons (Fsp3) is 0.364. The van der Waals surface area contributed by atoms with E-state index in [9.17, 15) is 9.18 Å². The van der Waals surface area contributed by atoms with E-state index in [1.54, 1.807) is 6.92 Å². The summed E-state index contributed by atoms with van der Waals surface area (Å²) >= 11 is 5.74. The van der Waals surface area contributed by atoms with Crippen molar-refractivity contribution in [2.45, 2.75) is 25.9 Å². The molecule has 0 heterocycles. The maximum absolute atomic E-state index is 12.8. The Hall–Kier alpha value is -1.29. The lowest BCUT2D eigenvalue weighted by molar-refractivity contribution is -0.154. The van der Waals surface area contributed by atoms with Crippen LogP contribution in [0, 0.1) is 5.82 Å². The lowest BCUT2D eigenvalue weighted by Gasteiger charge is -2.25.